The molecule has 1 heterocycles. The van der Waals surface area contributed by atoms with Gasteiger partial charge in [-0.05, 0) is 18.6 Å². The van der Waals surface area contributed by atoms with Crippen molar-refractivity contribution < 1.29 is 9.53 Å². The Balaban J connectivity index is 2.44. The van der Waals surface area contributed by atoms with Gasteiger partial charge in [-0.3, -0.25) is 4.79 Å². The number of hydrogen-bond donors (Lipinski definition) is 0. The van der Waals surface area contributed by atoms with Crippen LogP contribution in [0.5, 0.6) is 0 Å². The summed E-state index contributed by atoms with van der Waals surface area (Å²) in [7, 11) is 3.30. The molecule has 1 aromatic rings. The predicted octanol–water partition coefficient (Wildman–Crippen LogP) is 1.34. The number of anilines is 1. The van der Waals surface area contributed by atoms with Crippen LogP contribution in [0.2, 0.25) is 0 Å². The van der Waals surface area contributed by atoms with Crippen LogP contribution in [0, 0.1) is 11.3 Å². The van der Waals surface area contributed by atoms with Gasteiger partial charge < -0.3 is 9.64 Å². The molecule has 0 aliphatic heterocycles. The summed E-state index contributed by atoms with van der Waals surface area (Å²) in [4.78, 5) is 16.9. The van der Waals surface area contributed by atoms with Crippen LogP contribution in [-0.4, -0.2) is 31.7 Å². The maximum absolute atomic E-state index is 10.9. The second-order valence-corrected chi connectivity index (χ2v) is 3.61. The molecule has 90 valence electrons. The van der Waals surface area contributed by atoms with E-state index >= 15 is 0 Å². The first-order valence-corrected chi connectivity index (χ1v) is 5.31. The number of rotatable bonds is 5. The van der Waals surface area contributed by atoms with Gasteiger partial charge in [0.15, 0.2) is 0 Å². The molecule has 0 fully saturated rings. The fourth-order valence-corrected chi connectivity index (χ4v) is 1.37. The molecule has 0 saturated carbocycles. The average molecular weight is 233 g/mol. The van der Waals surface area contributed by atoms with Crippen LogP contribution in [0.15, 0.2) is 18.3 Å². The van der Waals surface area contributed by atoms with Crippen molar-refractivity contribution in [3.63, 3.8) is 0 Å². The van der Waals surface area contributed by atoms with Gasteiger partial charge in [0.05, 0.1) is 19.0 Å². The highest BCUT2D eigenvalue weighted by molar-refractivity contribution is 5.69. The summed E-state index contributed by atoms with van der Waals surface area (Å²) in [6.07, 6.45) is 2.78. The van der Waals surface area contributed by atoms with Crippen molar-refractivity contribution in [2.75, 3.05) is 25.6 Å². The molecule has 0 atom stereocenters. The smallest absolute Gasteiger partial charge is 0.305 e. The minimum Gasteiger partial charge on any atom is -0.469 e. The van der Waals surface area contributed by atoms with Gasteiger partial charge in [0, 0.05) is 20.0 Å². The van der Waals surface area contributed by atoms with Crippen LogP contribution in [0.25, 0.3) is 0 Å². The second-order valence-electron chi connectivity index (χ2n) is 3.61. The average Bonchev–Trinajstić information content (AvgIpc) is 2.38. The van der Waals surface area contributed by atoms with Crippen molar-refractivity contribution in [2.24, 2.45) is 0 Å². The number of carbonyl (C=O) groups is 1. The lowest BCUT2D eigenvalue weighted by atomic mass is 10.2. The zero-order valence-electron chi connectivity index (χ0n) is 10.0. The summed E-state index contributed by atoms with van der Waals surface area (Å²) >= 11 is 0. The normalized spacial score (nSPS) is 9.47. The monoisotopic (exact) mass is 233 g/mol. The van der Waals surface area contributed by atoms with Crippen molar-refractivity contribution in [1.29, 1.82) is 5.26 Å². The first kappa shape index (κ1) is 13.0. The Kier molecular flexibility index (Phi) is 4.95. The van der Waals surface area contributed by atoms with E-state index in [9.17, 15) is 4.79 Å². The largest absolute Gasteiger partial charge is 0.469 e. The van der Waals surface area contributed by atoms with E-state index in [0.717, 1.165) is 18.7 Å². The van der Waals surface area contributed by atoms with Crippen LogP contribution < -0.4 is 4.90 Å². The molecule has 0 unspecified atom stereocenters. The van der Waals surface area contributed by atoms with Gasteiger partial charge in [-0.15, -0.1) is 0 Å². The molecule has 17 heavy (non-hydrogen) atoms. The van der Waals surface area contributed by atoms with Gasteiger partial charge in [0.25, 0.3) is 0 Å². The minimum absolute atomic E-state index is 0.198. The van der Waals surface area contributed by atoms with Crippen molar-refractivity contribution >= 4 is 11.7 Å². The lowest BCUT2D eigenvalue weighted by molar-refractivity contribution is -0.140. The fraction of sp³-hybridized carbons (Fsp3) is 0.417. The third-order valence-corrected chi connectivity index (χ3v) is 2.41. The van der Waals surface area contributed by atoms with Gasteiger partial charge in [-0.1, -0.05) is 0 Å². The Morgan fingerprint density at radius 2 is 2.35 bits per heavy atom. The van der Waals surface area contributed by atoms with Crippen molar-refractivity contribution in [2.45, 2.75) is 12.8 Å². The molecule has 0 radical (unpaired) electrons. The van der Waals surface area contributed by atoms with E-state index in [0.29, 0.717) is 12.1 Å². The highest BCUT2D eigenvalue weighted by Crippen LogP contribution is 2.11. The molecule has 0 aliphatic carbocycles. The second kappa shape index (κ2) is 6.48. The maximum Gasteiger partial charge on any atom is 0.305 e. The summed E-state index contributed by atoms with van der Waals surface area (Å²) in [6, 6.07) is 5.48. The van der Waals surface area contributed by atoms with Crippen LogP contribution in [0.1, 0.15) is 18.5 Å². The Morgan fingerprint density at radius 1 is 1.59 bits per heavy atom. The molecule has 0 N–H and O–H groups in total. The number of methoxy groups -OCH3 is 1. The standard InChI is InChI=1S/C12H15N3O2/c1-15(7-3-4-12(16)17-2)11-6-5-10(8-13)14-9-11/h5-6,9H,3-4,7H2,1-2H3. The molecule has 0 saturated heterocycles. The maximum atomic E-state index is 10.9. The number of hydrogen-bond acceptors (Lipinski definition) is 5. The lowest BCUT2D eigenvalue weighted by Gasteiger charge is -2.18. The van der Waals surface area contributed by atoms with E-state index in [-0.39, 0.29) is 5.97 Å². The first-order valence-electron chi connectivity index (χ1n) is 5.31. The van der Waals surface area contributed by atoms with Crippen molar-refractivity contribution in [3.8, 4) is 6.07 Å². The van der Waals surface area contributed by atoms with E-state index in [1.54, 1.807) is 12.3 Å². The third-order valence-electron chi connectivity index (χ3n) is 2.41. The number of nitrogens with zero attached hydrogens (tertiary/aromatic N) is 3. The van der Waals surface area contributed by atoms with E-state index in [1.165, 1.54) is 7.11 Å². The van der Waals surface area contributed by atoms with Crippen LogP contribution in [-0.2, 0) is 9.53 Å². The molecule has 1 rings (SSSR count). The topological polar surface area (TPSA) is 66.2 Å². The molecule has 0 aliphatic rings. The molecule has 5 nitrogen and oxygen atoms in total. The number of nitriles is 1. The van der Waals surface area contributed by atoms with Crippen LogP contribution in [0.3, 0.4) is 0 Å². The van der Waals surface area contributed by atoms with E-state index in [4.69, 9.17) is 5.26 Å². The van der Waals surface area contributed by atoms with E-state index < -0.39 is 0 Å². The molecule has 0 aromatic carbocycles. The first-order chi connectivity index (χ1) is 8.17. The highest BCUT2D eigenvalue weighted by Gasteiger charge is 2.04. The van der Waals surface area contributed by atoms with Gasteiger partial charge >= 0.3 is 5.97 Å². The Hall–Kier alpha value is -2.09. The summed E-state index contributed by atoms with van der Waals surface area (Å²) in [5.41, 5.74) is 1.32. The van der Waals surface area contributed by atoms with Gasteiger partial charge in [0.1, 0.15) is 11.8 Å². The molecule has 0 bridgehead atoms. The molecular weight excluding hydrogens is 218 g/mol. The van der Waals surface area contributed by atoms with Gasteiger partial charge in [0.2, 0.25) is 0 Å². The molecule has 0 spiro atoms. The Morgan fingerprint density at radius 3 is 2.88 bits per heavy atom. The quantitative estimate of drug-likeness (QED) is 0.718. The molecule has 0 amide bonds. The zero-order valence-corrected chi connectivity index (χ0v) is 10.0. The molecular formula is C12H15N3O2. The number of pyridine rings is 1. The third kappa shape index (κ3) is 4.11. The zero-order chi connectivity index (χ0) is 12.7. The Labute approximate surface area is 101 Å². The predicted molar refractivity (Wildman–Crippen MR) is 63.5 cm³/mol. The molecule has 1 aromatic heterocycles. The van der Waals surface area contributed by atoms with Gasteiger partial charge in [-0.2, -0.15) is 5.26 Å². The lowest BCUT2D eigenvalue weighted by Crippen LogP contribution is -2.19. The Bertz CT molecular complexity index is 409. The summed E-state index contributed by atoms with van der Waals surface area (Å²) in [5, 5.41) is 8.62. The fourth-order valence-electron chi connectivity index (χ4n) is 1.37. The summed E-state index contributed by atoms with van der Waals surface area (Å²) in [5.74, 6) is -0.198. The number of esters is 1. The van der Waals surface area contributed by atoms with E-state index in [1.807, 2.05) is 24.1 Å². The molecule has 5 heteroatoms. The highest BCUT2D eigenvalue weighted by atomic mass is 16.5. The number of ether oxygens (including phenoxy) is 1. The van der Waals surface area contributed by atoms with Crippen LogP contribution in [0.4, 0.5) is 5.69 Å². The summed E-state index contributed by atoms with van der Waals surface area (Å²) < 4.78 is 4.56. The number of carbonyl (C=O) groups excluding carboxylic acids is 1. The number of aromatic nitrogens is 1. The van der Waals surface area contributed by atoms with Gasteiger partial charge in [-0.25, -0.2) is 4.98 Å². The van der Waals surface area contributed by atoms with E-state index in [2.05, 4.69) is 9.72 Å². The summed E-state index contributed by atoms with van der Waals surface area (Å²) in [6.45, 7) is 0.739. The van der Waals surface area contributed by atoms with Crippen LogP contribution >= 0.6 is 0 Å². The minimum atomic E-state index is -0.198. The van der Waals surface area contributed by atoms with Crippen molar-refractivity contribution in [1.82, 2.24) is 4.98 Å². The SMILES string of the molecule is COC(=O)CCCN(C)c1ccc(C#N)nc1. The van der Waals surface area contributed by atoms with Crippen molar-refractivity contribution in [3.05, 3.63) is 24.0 Å².